The van der Waals surface area contributed by atoms with Gasteiger partial charge < -0.3 is 40.8 Å². The van der Waals surface area contributed by atoms with Gasteiger partial charge in [0, 0.05) is 100 Å². The predicted octanol–water partition coefficient (Wildman–Crippen LogP) is 29.5. The maximum absolute atomic E-state index is 12.9. The van der Waals surface area contributed by atoms with Crippen molar-refractivity contribution in [1.29, 1.82) is 0 Å². The van der Waals surface area contributed by atoms with Gasteiger partial charge in [0.15, 0.2) is 0 Å². The van der Waals surface area contributed by atoms with Gasteiger partial charge in [-0.05, 0) is 372 Å². The van der Waals surface area contributed by atoms with Crippen molar-refractivity contribution >= 4 is 122 Å². The summed E-state index contributed by atoms with van der Waals surface area (Å²) in [6.07, 6.45) is 12.7. The van der Waals surface area contributed by atoms with Gasteiger partial charge in [0.05, 0.1) is 42.5 Å². The van der Waals surface area contributed by atoms with E-state index in [1.165, 1.54) is 85.2 Å². The van der Waals surface area contributed by atoms with Crippen molar-refractivity contribution in [3.63, 3.8) is 0 Å². The molecule has 0 bridgehead atoms. The fraction of sp³-hybridized carbons (Fsp3) is 0.454. The normalized spacial score (nSPS) is 31.5. The van der Waals surface area contributed by atoms with Crippen LogP contribution in [0.25, 0.3) is 0 Å². The quantitative estimate of drug-likeness (QED) is 0.0636. The molecular formula is C119H133Cl8N5O8. The van der Waals surface area contributed by atoms with Gasteiger partial charge in [-0.15, -0.1) is 0 Å². The van der Waals surface area contributed by atoms with E-state index in [1.54, 1.807) is 14.2 Å². The molecule has 5 saturated heterocycles. The fourth-order valence-electron chi connectivity index (χ4n) is 27.5. The molecule has 24 atom stereocenters. The third-order valence-electron chi connectivity index (χ3n) is 34.6. The van der Waals surface area contributed by atoms with E-state index < -0.39 is 0 Å². The van der Waals surface area contributed by atoms with E-state index in [0.29, 0.717) is 18.4 Å². The molecule has 10 aromatic rings. The number of halogens is 8. The molecule has 738 valence electrons. The fourth-order valence-corrected chi connectivity index (χ4v) is 29.6. The predicted molar refractivity (Wildman–Crippen MR) is 570 cm³/mol. The van der Waals surface area contributed by atoms with Crippen LogP contribution in [0.2, 0.25) is 40.2 Å². The maximum atomic E-state index is 12.9. The Labute approximate surface area is 868 Å². The zero-order valence-corrected chi connectivity index (χ0v) is 88.8. The van der Waals surface area contributed by atoms with Crippen LogP contribution in [0.4, 0.5) is 0 Å². The summed E-state index contributed by atoms with van der Waals surface area (Å²) in [5.41, 5.74) is 15.8. The third-order valence-corrected chi connectivity index (χ3v) is 37.0. The molecule has 21 heteroatoms. The first kappa shape index (κ1) is 103. The summed E-state index contributed by atoms with van der Waals surface area (Å²) in [4.78, 5) is 63.6. The molecule has 13 nitrogen and oxygen atoms in total. The van der Waals surface area contributed by atoms with E-state index >= 15 is 0 Å². The Morgan fingerprint density at radius 2 is 0.586 bits per heavy atom. The van der Waals surface area contributed by atoms with Gasteiger partial charge in [-0.25, -0.2) is 0 Å². The van der Waals surface area contributed by atoms with Crippen molar-refractivity contribution in [2.75, 3.05) is 27.4 Å². The second-order valence-electron chi connectivity index (χ2n) is 43.1. The van der Waals surface area contributed by atoms with Crippen molar-refractivity contribution in [1.82, 2.24) is 26.6 Å². The first-order valence-electron chi connectivity index (χ1n) is 50.5. The summed E-state index contributed by atoms with van der Waals surface area (Å²) >= 11 is 52.0. The Kier molecular flexibility index (Phi) is 31.2. The first-order valence-corrected chi connectivity index (χ1v) is 53.6. The number of fused-ring (bicyclic) bond motifs is 5. The molecule has 0 spiro atoms. The number of hydrogen-bond acceptors (Lipinski definition) is 8. The monoisotopic (exact) mass is 2040 g/mol. The van der Waals surface area contributed by atoms with Crippen LogP contribution in [-0.4, -0.2) is 81.1 Å². The minimum absolute atomic E-state index is 0.108. The Morgan fingerprint density at radius 1 is 0.314 bits per heavy atom. The van der Waals surface area contributed by atoms with Gasteiger partial charge >= 0.3 is 0 Å². The Morgan fingerprint density at radius 3 is 0.900 bits per heavy atom. The number of carbonyl (C=O) groups is 5. The number of amides is 5. The lowest BCUT2D eigenvalue weighted by Gasteiger charge is -2.46. The molecule has 0 unspecified atom stereocenters. The lowest BCUT2D eigenvalue weighted by Crippen LogP contribution is -2.42. The molecule has 0 aromatic heterocycles. The van der Waals surface area contributed by atoms with Crippen molar-refractivity contribution in [3.05, 3.63) is 330 Å². The highest BCUT2D eigenvalue weighted by atomic mass is 35.5. The van der Waals surface area contributed by atoms with Crippen LogP contribution in [0, 0.1) is 77.9 Å². The number of ether oxygens (including phenoxy) is 3. The van der Waals surface area contributed by atoms with Gasteiger partial charge in [0.25, 0.3) is 0 Å². The lowest BCUT2D eigenvalue weighted by molar-refractivity contribution is -0.130. The summed E-state index contributed by atoms with van der Waals surface area (Å²) < 4.78 is 16.4. The Hall–Kier alpha value is -8.73. The van der Waals surface area contributed by atoms with Gasteiger partial charge in [-0.1, -0.05) is 249 Å². The highest BCUT2D eigenvalue weighted by Gasteiger charge is 2.63. The van der Waals surface area contributed by atoms with Crippen molar-refractivity contribution < 1.29 is 38.2 Å². The van der Waals surface area contributed by atoms with E-state index in [9.17, 15) is 24.0 Å². The van der Waals surface area contributed by atoms with Crippen LogP contribution >= 0.6 is 92.8 Å². The van der Waals surface area contributed by atoms with E-state index in [1.807, 2.05) is 91.0 Å². The summed E-state index contributed by atoms with van der Waals surface area (Å²) in [5, 5.41) is 22.1. The minimum atomic E-state index is -0.364. The van der Waals surface area contributed by atoms with Crippen molar-refractivity contribution in [2.45, 2.75) is 256 Å². The molecule has 11 fully saturated rings. The zero-order valence-electron chi connectivity index (χ0n) is 82.7. The number of aryl methyl sites for hydroxylation is 3. The standard InChI is InChI=1S/C26H30ClNO2.C25H29Cl2NO2.2C23H25Cl2NO.C22H24ClNO2/c1-15-24-23(18-8-6-17(7-9-18)16-4-5-16)21(12-13-26(24,2)25(29)28-15)20-11-10-19(30-3)14-22(20)27;1-4-13-30-18-9-10-19(21(27)14-18)20-11-12-25(3)23(15(2)28-24(25)29)22(20)16-5-7-17(26)8-6-16;2*1-13-4-9-17(19(25)12-13)18-10-11-23(3)21(14(2)26-22(23)27)20(18)15-5-7-16(24)8-6-15;1-13-3-8-16(20(23)11-13)17-9-10-18-19(12-24-22(18)25)21(17)14-4-6-15(26-2)7-5-14/h6-11,14-16,21,23-24H,4-5,12-13H2,1-3H3,(H,28,29);5-10,14-15,20,22-23H,4,11-13H2,1-3H3,(H,28,29);2*4-9,12,14,18,20-21H,10-11H2,1-3H3,(H,26,27);3-8,11,17-19,21H,9-10,12H2,1-2H3,(H,24,25)/t15-,21+,23+,24+,26-;15-,20+,22+,23+,25-;2*14-,18+,20+,21+,23-;17-,18+,19+,21-/m11110/s1. The first-order chi connectivity index (χ1) is 67.0. The number of methoxy groups -OCH3 is 2. The Bertz CT molecular complexity index is 6050. The van der Waals surface area contributed by atoms with Gasteiger partial charge in [0.2, 0.25) is 29.5 Å². The van der Waals surface area contributed by atoms with Crippen LogP contribution in [0.5, 0.6) is 17.2 Å². The van der Waals surface area contributed by atoms with E-state index in [-0.39, 0.29) is 158 Å². The van der Waals surface area contributed by atoms with Crippen LogP contribution < -0.4 is 40.8 Å². The van der Waals surface area contributed by atoms with Crippen LogP contribution in [0.15, 0.2) is 212 Å². The topological polar surface area (TPSA) is 173 Å². The third kappa shape index (κ3) is 20.4. The second-order valence-corrected chi connectivity index (χ2v) is 46.4. The lowest BCUT2D eigenvalue weighted by atomic mass is 9.56. The highest BCUT2D eigenvalue weighted by Crippen LogP contribution is 2.65. The van der Waals surface area contributed by atoms with Crippen molar-refractivity contribution in [2.24, 2.45) is 57.2 Å². The molecule has 5 heterocycles. The summed E-state index contributed by atoms with van der Waals surface area (Å²) in [7, 11) is 3.35. The highest BCUT2D eigenvalue weighted by molar-refractivity contribution is 6.33. The zero-order chi connectivity index (χ0) is 99.5. The maximum Gasteiger partial charge on any atom is 0.226 e. The number of benzene rings is 10. The molecule has 11 aliphatic rings. The summed E-state index contributed by atoms with van der Waals surface area (Å²) in [5.74, 6) is 8.00. The second kappa shape index (κ2) is 42.5. The molecule has 21 rings (SSSR count). The molecule has 6 saturated carbocycles. The number of rotatable bonds is 16. The molecule has 140 heavy (non-hydrogen) atoms. The SMILES string of the molecule is CCCOc1ccc([C@@H]2CC[C@@]3(C)C(=O)N[C@H](C)[C@H]3[C@H]2c2ccc(Cl)cc2)c(Cl)c1.COc1ccc([C@@H]2CC[C@@]3(C)C(=O)N[C@H](C)[C@H]3[C@H]2c2ccc(C3CC3)cc2)c(Cl)c1.COc1ccc([C@@H]2[C@@H]3CNC(=O)[C@@H]3CC[C@H]2c2ccc(C)cc2Cl)cc1.Cc1ccc([C@@H]2CC[C@@]3(C)C(=O)N[C@H](C)[C@H]3[C@H]2c2ccc(Cl)cc2)c(Cl)c1.Cc1ccc([C@@H]2CC[C@@]3(C)C(=O)N[C@H](C)[C@H]3[C@H]2c2ccc(Cl)cc2)c(Cl)c1. The Balaban J connectivity index is 0.000000121. The molecule has 5 amide bonds. The van der Waals surface area contributed by atoms with E-state index in [2.05, 4.69) is 231 Å². The van der Waals surface area contributed by atoms with Crippen LogP contribution in [0.1, 0.15) is 289 Å². The van der Waals surface area contributed by atoms with Gasteiger partial charge in [-0.3, -0.25) is 24.0 Å². The summed E-state index contributed by atoms with van der Waals surface area (Å²) in [6, 6.07) is 73.6. The minimum Gasteiger partial charge on any atom is -0.497 e. The molecule has 6 aliphatic carbocycles. The molecule has 5 aliphatic heterocycles. The summed E-state index contributed by atoms with van der Waals surface area (Å²) in [6.45, 7) is 26.8. The number of carbonyl (C=O) groups excluding carboxylic acids is 5. The molecule has 10 aromatic carbocycles. The largest absolute Gasteiger partial charge is 0.497 e. The van der Waals surface area contributed by atoms with E-state index in [4.69, 9.17) is 107 Å². The van der Waals surface area contributed by atoms with Gasteiger partial charge in [0.1, 0.15) is 17.2 Å². The average molecular weight is 2050 g/mol. The van der Waals surface area contributed by atoms with E-state index in [0.717, 1.165) is 146 Å². The average Bonchev–Trinajstić information content (AvgIpc) is 1.51. The molecular weight excluding hydrogens is 1910 g/mol. The number of nitrogens with one attached hydrogen (secondary N) is 5. The van der Waals surface area contributed by atoms with Gasteiger partial charge in [-0.2, -0.15) is 0 Å². The number of hydrogen-bond donors (Lipinski definition) is 5. The smallest absolute Gasteiger partial charge is 0.226 e. The van der Waals surface area contributed by atoms with Crippen LogP contribution in [0.3, 0.4) is 0 Å². The molecule has 5 N–H and O–H groups in total. The van der Waals surface area contributed by atoms with Crippen LogP contribution in [-0.2, 0) is 24.0 Å². The van der Waals surface area contributed by atoms with Crippen molar-refractivity contribution in [3.8, 4) is 17.2 Å². The molecule has 0 radical (unpaired) electrons.